The first-order valence-electron chi connectivity index (χ1n) is 6.93. The molecule has 0 spiro atoms. The van der Waals surface area contributed by atoms with Crippen LogP contribution in [0.4, 0.5) is 0 Å². The maximum absolute atomic E-state index is 12.1. The fourth-order valence-electron chi connectivity index (χ4n) is 2.18. The minimum Gasteiger partial charge on any atom is -0.481 e. The van der Waals surface area contributed by atoms with Gasteiger partial charge in [-0.25, -0.2) is 0 Å². The first kappa shape index (κ1) is 16.5. The van der Waals surface area contributed by atoms with Crippen LogP contribution in [-0.2, 0) is 14.4 Å². The molecule has 2 atom stereocenters. The fourth-order valence-corrected chi connectivity index (χ4v) is 2.18. The molecule has 2 unspecified atom stereocenters. The molecule has 1 rings (SSSR count). The van der Waals surface area contributed by atoms with Gasteiger partial charge in [-0.05, 0) is 19.8 Å². The lowest BCUT2D eigenvalue weighted by Gasteiger charge is -2.36. The Balaban J connectivity index is 2.57. The van der Waals surface area contributed by atoms with Crippen molar-refractivity contribution in [2.75, 3.05) is 13.1 Å². The van der Waals surface area contributed by atoms with Crippen molar-refractivity contribution in [2.24, 2.45) is 11.3 Å². The van der Waals surface area contributed by atoms with Gasteiger partial charge >= 0.3 is 5.97 Å². The van der Waals surface area contributed by atoms with Gasteiger partial charge in [0.2, 0.25) is 11.8 Å². The highest BCUT2D eigenvalue weighted by molar-refractivity contribution is 5.87. The molecule has 0 aromatic heterocycles. The molecule has 1 saturated heterocycles. The molecule has 0 radical (unpaired) electrons. The Morgan fingerprint density at radius 2 is 1.85 bits per heavy atom. The predicted octanol–water partition coefficient (Wildman–Crippen LogP) is 0.860. The predicted molar refractivity (Wildman–Crippen MR) is 74.0 cm³/mol. The highest BCUT2D eigenvalue weighted by atomic mass is 16.4. The highest BCUT2D eigenvalue weighted by Gasteiger charge is 2.32. The van der Waals surface area contributed by atoms with Crippen molar-refractivity contribution in [3.8, 4) is 0 Å². The first-order chi connectivity index (χ1) is 9.12. The minimum absolute atomic E-state index is 0.0182. The van der Waals surface area contributed by atoms with Gasteiger partial charge in [-0.2, -0.15) is 0 Å². The van der Waals surface area contributed by atoms with Crippen LogP contribution in [0.5, 0.6) is 0 Å². The number of hydrogen-bond donors (Lipinski definition) is 2. The van der Waals surface area contributed by atoms with Crippen molar-refractivity contribution in [2.45, 2.75) is 46.6 Å². The van der Waals surface area contributed by atoms with Gasteiger partial charge in [-0.1, -0.05) is 20.8 Å². The van der Waals surface area contributed by atoms with Gasteiger partial charge in [0.1, 0.15) is 0 Å². The van der Waals surface area contributed by atoms with Crippen LogP contribution in [0.15, 0.2) is 0 Å². The molecule has 6 nitrogen and oxygen atoms in total. The number of nitrogens with zero attached hydrogens (tertiary/aromatic N) is 1. The van der Waals surface area contributed by atoms with E-state index in [0.717, 1.165) is 0 Å². The second kappa shape index (κ2) is 6.24. The van der Waals surface area contributed by atoms with Crippen LogP contribution in [0.3, 0.4) is 0 Å². The monoisotopic (exact) mass is 284 g/mol. The first-order valence-corrected chi connectivity index (χ1v) is 6.93. The Labute approximate surface area is 119 Å². The Morgan fingerprint density at radius 1 is 1.25 bits per heavy atom. The summed E-state index contributed by atoms with van der Waals surface area (Å²) in [5.41, 5.74) is -0.544. The van der Waals surface area contributed by atoms with Crippen molar-refractivity contribution in [3.05, 3.63) is 0 Å². The van der Waals surface area contributed by atoms with Gasteiger partial charge in [0.25, 0.3) is 0 Å². The lowest BCUT2D eigenvalue weighted by molar-refractivity contribution is -0.147. The molecule has 0 aliphatic carbocycles. The average Bonchev–Trinajstić information content (AvgIpc) is 2.34. The lowest BCUT2D eigenvalue weighted by Crippen LogP contribution is -2.51. The second-order valence-electron chi connectivity index (χ2n) is 6.44. The number of carboxylic acids is 1. The van der Waals surface area contributed by atoms with Crippen molar-refractivity contribution in [3.63, 3.8) is 0 Å². The zero-order chi connectivity index (χ0) is 15.5. The number of carbonyl (C=O) groups is 3. The number of amides is 2. The quantitative estimate of drug-likeness (QED) is 0.804. The van der Waals surface area contributed by atoms with E-state index in [-0.39, 0.29) is 30.9 Å². The van der Waals surface area contributed by atoms with E-state index in [9.17, 15) is 14.4 Å². The van der Waals surface area contributed by atoms with Crippen LogP contribution in [0, 0.1) is 11.3 Å². The van der Waals surface area contributed by atoms with Crippen LogP contribution < -0.4 is 5.32 Å². The Morgan fingerprint density at radius 3 is 2.35 bits per heavy atom. The van der Waals surface area contributed by atoms with E-state index < -0.39 is 17.3 Å². The third-order valence-electron chi connectivity index (χ3n) is 3.63. The van der Waals surface area contributed by atoms with E-state index in [4.69, 9.17) is 5.11 Å². The van der Waals surface area contributed by atoms with Crippen molar-refractivity contribution >= 4 is 17.8 Å². The smallest absolute Gasteiger partial charge is 0.308 e. The molecule has 2 amide bonds. The standard InChI is InChI=1S/C14H24N2O4/c1-9-5-6-10(12(18)19)8-16(9)11(17)7-15-13(20)14(2,3)4/h9-10H,5-8H2,1-4H3,(H,15,20)(H,18,19). The van der Waals surface area contributed by atoms with Gasteiger partial charge in [0, 0.05) is 18.0 Å². The van der Waals surface area contributed by atoms with Crippen molar-refractivity contribution < 1.29 is 19.5 Å². The molecule has 1 heterocycles. The molecule has 0 aromatic rings. The zero-order valence-corrected chi connectivity index (χ0v) is 12.6. The molecule has 0 bridgehead atoms. The highest BCUT2D eigenvalue weighted by Crippen LogP contribution is 2.22. The molecule has 6 heteroatoms. The summed E-state index contributed by atoms with van der Waals surface area (Å²) in [5, 5.41) is 11.6. The van der Waals surface area contributed by atoms with Crippen LogP contribution in [-0.4, -0.2) is 46.9 Å². The average molecular weight is 284 g/mol. The summed E-state index contributed by atoms with van der Waals surface area (Å²) in [4.78, 5) is 36.4. The molecule has 0 saturated carbocycles. The lowest BCUT2D eigenvalue weighted by atomic mass is 9.93. The minimum atomic E-state index is -0.867. The third kappa shape index (κ3) is 4.21. The number of carbonyl (C=O) groups excluding carboxylic acids is 2. The molecule has 2 N–H and O–H groups in total. The number of carboxylic acid groups (broad SMARTS) is 1. The molecule has 1 aliphatic heterocycles. The number of nitrogens with one attached hydrogen (secondary N) is 1. The summed E-state index contributed by atoms with van der Waals surface area (Å²) in [6.45, 7) is 7.37. The van der Waals surface area contributed by atoms with Crippen LogP contribution in [0.1, 0.15) is 40.5 Å². The molecule has 1 fully saturated rings. The number of hydrogen-bond acceptors (Lipinski definition) is 3. The summed E-state index contributed by atoms with van der Waals surface area (Å²) < 4.78 is 0. The third-order valence-corrected chi connectivity index (χ3v) is 3.63. The molecule has 1 aliphatic rings. The Kier molecular flexibility index (Phi) is 5.14. The van der Waals surface area contributed by atoms with Crippen LogP contribution in [0.2, 0.25) is 0 Å². The maximum atomic E-state index is 12.1. The summed E-state index contributed by atoms with van der Waals surface area (Å²) in [6.07, 6.45) is 1.27. The van der Waals surface area contributed by atoms with Gasteiger partial charge in [-0.15, -0.1) is 0 Å². The van der Waals surface area contributed by atoms with E-state index in [1.165, 1.54) is 0 Å². The van der Waals surface area contributed by atoms with Crippen LogP contribution >= 0.6 is 0 Å². The zero-order valence-electron chi connectivity index (χ0n) is 12.6. The summed E-state index contributed by atoms with van der Waals surface area (Å²) in [6, 6.07) is 0.0182. The van der Waals surface area contributed by atoms with E-state index in [2.05, 4.69) is 5.32 Å². The number of likely N-dealkylation sites (tertiary alicyclic amines) is 1. The summed E-state index contributed by atoms with van der Waals surface area (Å²) in [7, 11) is 0. The van der Waals surface area contributed by atoms with Gasteiger partial charge in [-0.3, -0.25) is 14.4 Å². The van der Waals surface area contributed by atoms with E-state index in [0.29, 0.717) is 12.8 Å². The molecule has 114 valence electrons. The number of rotatable bonds is 3. The molecular formula is C14H24N2O4. The fraction of sp³-hybridized carbons (Fsp3) is 0.786. The van der Waals surface area contributed by atoms with Gasteiger partial charge < -0.3 is 15.3 Å². The number of aliphatic carboxylic acids is 1. The summed E-state index contributed by atoms with van der Waals surface area (Å²) >= 11 is 0. The van der Waals surface area contributed by atoms with Crippen molar-refractivity contribution in [1.29, 1.82) is 0 Å². The molecule has 20 heavy (non-hydrogen) atoms. The molecular weight excluding hydrogens is 260 g/mol. The van der Waals surface area contributed by atoms with E-state index >= 15 is 0 Å². The van der Waals surface area contributed by atoms with E-state index in [1.807, 2.05) is 6.92 Å². The Hall–Kier alpha value is -1.59. The maximum Gasteiger partial charge on any atom is 0.308 e. The topological polar surface area (TPSA) is 86.7 Å². The Bertz CT molecular complexity index is 400. The van der Waals surface area contributed by atoms with Crippen molar-refractivity contribution in [1.82, 2.24) is 10.2 Å². The van der Waals surface area contributed by atoms with E-state index in [1.54, 1.807) is 25.7 Å². The van der Waals surface area contributed by atoms with Gasteiger partial charge in [0.05, 0.1) is 12.5 Å². The SMILES string of the molecule is CC1CCC(C(=O)O)CN1C(=O)CNC(=O)C(C)(C)C. The normalized spacial score (nSPS) is 23.3. The molecule has 0 aromatic carbocycles. The van der Waals surface area contributed by atoms with Crippen LogP contribution in [0.25, 0.3) is 0 Å². The second-order valence-corrected chi connectivity index (χ2v) is 6.44. The largest absolute Gasteiger partial charge is 0.481 e. The summed E-state index contributed by atoms with van der Waals surface area (Å²) in [5.74, 6) is -1.78. The van der Waals surface area contributed by atoms with Gasteiger partial charge in [0.15, 0.2) is 0 Å². The number of piperidine rings is 1.